The minimum absolute atomic E-state index is 0.585. The van der Waals surface area contributed by atoms with Crippen molar-refractivity contribution < 1.29 is 4.42 Å². The number of nitrogens with zero attached hydrogens (tertiary/aromatic N) is 4. The molecule has 9 aromatic carbocycles. The fraction of sp³-hybridized carbons (Fsp3) is 0. The van der Waals surface area contributed by atoms with E-state index in [2.05, 4.69) is 162 Å². The first-order chi connectivity index (χ1) is 31.7. The van der Waals surface area contributed by atoms with Crippen molar-refractivity contribution in [2.75, 3.05) is 0 Å². The minimum atomic E-state index is 0.585. The predicted molar refractivity (Wildman–Crippen MR) is 269 cm³/mol. The van der Waals surface area contributed by atoms with Crippen LogP contribution >= 0.6 is 22.7 Å². The lowest BCUT2D eigenvalue weighted by Crippen LogP contribution is -2.01. The van der Waals surface area contributed by atoms with Crippen molar-refractivity contribution >= 4 is 107 Å². The molecular formula is C57H32N4OS2. The summed E-state index contributed by atoms with van der Waals surface area (Å²) in [6.45, 7) is 0. The third-order valence-electron chi connectivity index (χ3n) is 12.6. The zero-order valence-corrected chi connectivity index (χ0v) is 35.6. The fourth-order valence-corrected chi connectivity index (χ4v) is 11.9. The van der Waals surface area contributed by atoms with E-state index < -0.39 is 0 Å². The number of rotatable bonds is 5. The molecular weight excluding hydrogens is 821 g/mol. The number of aromatic nitrogens is 4. The largest absolute Gasteiger partial charge is 0.456 e. The molecule has 5 heterocycles. The number of para-hydroxylation sites is 2. The van der Waals surface area contributed by atoms with Gasteiger partial charge in [0.2, 0.25) is 0 Å². The van der Waals surface area contributed by atoms with Crippen LogP contribution in [-0.2, 0) is 0 Å². The average molecular weight is 853 g/mol. The van der Waals surface area contributed by atoms with E-state index in [1.165, 1.54) is 56.9 Å². The molecule has 0 radical (unpaired) electrons. The Morgan fingerprint density at radius 2 is 0.938 bits per heavy atom. The number of hydrogen-bond acceptors (Lipinski definition) is 6. The van der Waals surface area contributed by atoms with Crippen molar-refractivity contribution in [1.29, 1.82) is 0 Å². The van der Waals surface area contributed by atoms with E-state index in [1.807, 2.05) is 47.7 Å². The molecule has 0 saturated heterocycles. The lowest BCUT2D eigenvalue weighted by atomic mass is 10.0. The molecule has 0 saturated carbocycles. The van der Waals surface area contributed by atoms with Crippen LogP contribution < -0.4 is 0 Å². The van der Waals surface area contributed by atoms with Crippen LogP contribution in [0.2, 0.25) is 0 Å². The first-order valence-electron chi connectivity index (χ1n) is 21.3. The Labute approximate surface area is 373 Å². The molecule has 298 valence electrons. The maximum atomic E-state index is 6.36. The summed E-state index contributed by atoms with van der Waals surface area (Å²) in [5.74, 6) is 1.81. The van der Waals surface area contributed by atoms with Gasteiger partial charge in [0.1, 0.15) is 11.2 Å². The molecule has 7 heteroatoms. The third-order valence-corrected chi connectivity index (χ3v) is 14.9. The van der Waals surface area contributed by atoms with Gasteiger partial charge in [-0.25, -0.2) is 15.0 Å². The second kappa shape index (κ2) is 13.8. The van der Waals surface area contributed by atoms with E-state index in [0.717, 1.165) is 60.7 Å². The summed E-state index contributed by atoms with van der Waals surface area (Å²) in [4.78, 5) is 15.8. The van der Waals surface area contributed by atoms with Gasteiger partial charge in [0.15, 0.2) is 17.5 Å². The molecule has 0 unspecified atom stereocenters. The van der Waals surface area contributed by atoms with Crippen LogP contribution in [0.3, 0.4) is 0 Å². The van der Waals surface area contributed by atoms with Crippen molar-refractivity contribution in [2.45, 2.75) is 0 Å². The smallest absolute Gasteiger partial charge is 0.164 e. The molecule has 0 aliphatic rings. The van der Waals surface area contributed by atoms with Crippen LogP contribution in [0.25, 0.3) is 135 Å². The minimum Gasteiger partial charge on any atom is -0.456 e. The summed E-state index contributed by atoms with van der Waals surface area (Å²) < 4.78 is 13.8. The highest BCUT2D eigenvalue weighted by molar-refractivity contribution is 7.26. The van der Waals surface area contributed by atoms with Crippen LogP contribution in [0, 0.1) is 0 Å². The predicted octanol–water partition coefficient (Wildman–Crippen LogP) is 16.3. The van der Waals surface area contributed by atoms with Gasteiger partial charge in [-0.15, -0.1) is 22.7 Å². The van der Waals surface area contributed by atoms with Gasteiger partial charge >= 0.3 is 0 Å². The third kappa shape index (κ3) is 5.45. The summed E-state index contributed by atoms with van der Waals surface area (Å²) >= 11 is 3.66. The first kappa shape index (κ1) is 35.6. The fourth-order valence-electron chi connectivity index (χ4n) is 9.69. The summed E-state index contributed by atoms with van der Waals surface area (Å²) in [7, 11) is 0. The molecule has 0 aliphatic carbocycles. The Morgan fingerprint density at radius 1 is 0.344 bits per heavy atom. The summed E-state index contributed by atoms with van der Waals surface area (Å²) in [5.41, 5.74) is 10.1. The Kier molecular flexibility index (Phi) is 7.66. The molecule has 0 aliphatic heterocycles. The van der Waals surface area contributed by atoms with Gasteiger partial charge in [0.05, 0.1) is 11.0 Å². The van der Waals surface area contributed by atoms with Crippen LogP contribution in [0.5, 0.6) is 0 Å². The van der Waals surface area contributed by atoms with Crippen molar-refractivity contribution in [2.24, 2.45) is 0 Å². The summed E-state index contributed by atoms with van der Waals surface area (Å²) in [5, 5.41) is 9.48. The lowest BCUT2D eigenvalue weighted by molar-refractivity contribution is 0.669. The molecule has 64 heavy (non-hydrogen) atoms. The quantitative estimate of drug-likeness (QED) is 0.173. The van der Waals surface area contributed by atoms with Crippen molar-refractivity contribution in [3.8, 4) is 51.0 Å². The van der Waals surface area contributed by atoms with E-state index in [4.69, 9.17) is 19.4 Å². The van der Waals surface area contributed by atoms with Crippen LogP contribution in [0.4, 0.5) is 0 Å². The molecule has 14 aromatic rings. The van der Waals surface area contributed by atoms with E-state index in [-0.39, 0.29) is 0 Å². The highest BCUT2D eigenvalue weighted by Crippen LogP contribution is 2.44. The monoisotopic (exact) mass is 852 g/mol. The van der Waals surface area contributed by atoms with Gasteiger partial charge in [0.25, 0.3) is 0 Å². The Balaban J connectivity index is 0.998. The highest BCUT2D eigenvalue weighted by Gasteiger charge is 2.22. The highest BCUT2D eigenvalue weighted by atomic mass is 32.1. The van der Waals surface area contributed by atoms with Crippen molar-refractivity contribution in [1.82, 2.24) is 19.5 Å². The number of thiophene rings is 2. The van der Waals surface area contributed by atoms with E-state index in [9.17, 15) is 0 Å². The van der Waals surface area contributed by atoms with Crippen LogP contribution in [-0.4, -0.2) is 19.5 Å². The molecule has 0 N–H and O–H groups in total. The van der Waals surface area contributed by atoms with E-state index in [1.54, 1.807) is 11.3 Å². The molecule has 0 fully saturated rings. The van der Waals surface area contributed by atoms with Gasteiger partial charge in [-0.05, 0) is 83.9 Å². The molecule has 14 rings (SSSR count). The Bertz CT molecular complexity index is 4210. The number of hydrogen-bond donors (Lipinski definition) is 0. The van der Waals surface area contributed by atoms with Crippen LogP contribution in [0.1, 0.15) is 0 Å². The number of furan rings is 1. The molecule has 0 atom stereocenters. The Morgan fingerprint density at radius 3 is 1.80 bits per heavy atom. The average Bonchev–Trinajstić information content (AvgIpc) is 4.12. The van der Waals surface area contributed by atoms with Crippen molar-refractivity contribution in [3.05, 3.63) is 194 Å². The maximum Gasteiger partial charge on any atom is 0.164 e. The maximum absolute atomic E-state index is 6.36. The topological polar surface area (TPSA) is 56.7 Å². The van der Waals surface area contributed by atoms with Gasteiger partial charge in [-0.1, -0.05) is 121 Å². The molecule has 0 spiro atoms. The SMILES string of the molecule is c1ccc(-c2nc(-c3ccc4c(c3)oc3ccccc34)nc(-c3cc(-n4c5ccccc5c5cc(-c6ccc7sc8ccccc8c7c6)ccc54)cc4sc5ccccc5c34)n2)cc1. The number of fused-ring (bicyclic) bond motifs is 12. The standard InChI is InChI=1S/C57H32N4OS2/c1-2-12-33(13-3-1)55-58-56(36-22-25-40-39-15-5-9-19-48(39)62-49(40)30-36)60-57(59-55)45-31-37(32-53-54(45)42-17-7-11-21-51(42)64-53)61-46-18-8-4-14-38(46)43-28-34(23-26-47(43)61)35-24-27-52-44(29-35)41-16-6-10-20-50(41)63-52/h1-32H. The second-order valence-corrected chi connectivity index (χ2v) is 18.5. The number of benzene rings is 9. The van der Waals surface area contributed by atoms with Gasteiger partial charge in [-0.2, -0.15) is 0 Å². The zero-order chi connectivity index (χ0) is 41.9. The second-order valence-electron chi connectivity index (χ2n) is 16.3. The van der Waals surface area contributed by atoms with Crippen molar-refractivity contribution in [3.63, 3.8) is 0 Å². The van der Waals surface area contributed by atoms with Crippen LogP contribution in [0.15, 0.2) is 199 Å². The van der Waals surface area contributed by atoms with E-state index >= 15 is 0 Å². The summed E-state index contributed by atoms with van der Waals surface area (Å²) in [6, 6.07) is 69.2. The molecule has 0 amide bonds. The molecule has 5 aromatic heterocycles. The lowest BCUT2D eigenvalue weighted by Gasteiger charge is -2.13. The van der Waals surface area contributed by atoms with Gasteiger partial charge in [0, 0.05) is 84.3 Å². The van der Waals surface area contributed by atoms with E-state index in [0.29, 0.717) is 17.5 Å². The Hall–Kier alpha value is -7.97. The summed E-state index contributed by atoms with van der Waals surface area (Å²) in [6.07, 6.45) is 0. The normalized spacial score (nSPS) is 12.1. The first-order valence-corrected chi connectivity index (χ1v) is 23.0. The van der Waals surface area contributed by atoms with Gasteiger partial charge in [-0.3, -0.25) is 0 Å². The van der Waals surface area contributed by atoms with Gasteiger partial charge < -0.3 is 8.98 Å². The molecule has 0 bridgehead atoms. The zero-order valence-electron chi connectivity index (χ0n) is 34.0. The molecule has 5 nitrogen and oxygen atoms in total.